The van der Waals surface area contributed by atoms with Crippen molar-refractivity contribution in [1.29, 1.82) is 0 Å². The molecule has 0 saturated heterocycles. The molecule has 0 saturated carbocycles. The van der Waals surface area contributed by atoms with Crippen LogP contribution in [0.1, 0.15) is 40.2 Å². The van der Waals surface area contributed by atoms with Crippen LogP contribution in [0.25, 0.3) is 0 Å². The molecule has 0 aromatic heterocycles. The normalized spacial score (nSPS) is 13.9. The highest BCUT2D eigenvalue weighted by Crippen LogP contribution is 2.22. The highest BCUT2D eigenvalue weighted by atomic mass is 32.2. The molecule has 0 bridgehead atoms. The Bertz CT molecular complexity index is 390. The highest BCUT2D eigenvalue weighted by molar-refractivity contribution is 7.85. The first kappa shape index (κ1) is 15.4. The van der Waals surface area contributed by atoms with Crippen LogP contribution < -0.4 is 5.32 Å². The van der Waals surface area contributed by atoms with Crippen molar-refractivity contribution >= 4 is 10.8 Å². The lowest BCUT2D eigenvalue weighted by Gasteiger charge is -2.19. The molecule has 0 aliphatic heterocycles. The summed E-state index contributed by atoms with van der Waals surface area (Å²) in [5, 5.41) is 3.29. The zero-order valence-corrected chi connectivity index (χ0v) is 12.9. The molecular formula is C15H25NOS. The first-order chi connectivity index (χ1) is 8.30. The monoisotopic (exact) mass is 267 g/mol. The Labute approximate surface area is 114 Å². The summed E-state index contributed by atoms with van der Waals surface area (Å²) >= 11 is 0. The van der Waals surface area contributed by atoms with Crippen molar-refractivity contribution in [2.24, 2.45) is 0 Å². The summed E-state index contributed by atoms with van der Waals surface area (Å²) in [7, 11) is -0.897. The second-order valence-corrected chi connectivity index (χ2v) is 7.50. The molecule has 0 fully saturated rings. The van der Waals surface area contributed by atoms with Gasteiger partial charge in [0.15, 0.2) is 0 Å². The van der Waals surface area contributed by atoms with Crippen LogP contribution in [-0.2, 0) is 16.2 Å². The molecular weight excluding hydrogens is 242 g/mol. The summed E-state index contributed by atoms with van der Waals surface area (Å²) in [5.74, 6) is 0.674. The van der Waals surface area contributed by atoms with Crippen molar-refractivity contribution in [3.8, 4) is 0 Å². The van der Waals surface area contributed by atoms with E-state index in [1.165, 1.54) is 5.56 Å². The third kappa shape index (κ3) is 4.91. The number of hydrogen-bond donors (Lipinski definition) is 1. The van der Waals surface area contributed by atoms with Gasteiger partial charge in [-0.25, -0.2) is 0 Å². The van der Waals surface area contributed by atoms with E-state index >= 15 is 0 Å². The Kier molecular flexibility index (Phi) is 5.54. The number of rotatable bonds is 5. The third-order valence-electron chi connectivity index (χ3n) is 2.82. The molecule has 0 amide bonds. The largest absolute Gasteiger partial charge is 0.314 e. The van der Waals surface area contributed by atoms with Crippen LogP contribution in [0, 0.1) is 0 Å². The zero-order chi connectivity index (χ0) is 13.8. The first-order valence-corrected chi connectivity index (χ1v) is 7.85. The van der Waals surface area contributed by atoms with Gasteiger partial charge in [0.25, 0.3) is 0 Å². The second kappa shape index (κ2) is 6.48. The van der Waals surface area contributed by atoms with Crippen molar-refractivity contribution in [3.05, 3.63) is 29.8 Å². The predicted octanol–water partition coefficient (Wildman–Crippen LogP) is 3.09. The molecule has 2 nitrogen and oxygen atoms in total. The van der Waals surface area contributed by atoms with Crippen LogP contribution >= 0.6 is 0 Å². The summed E-state index contributed by atoms with van der Waals surface area (Å²) in [6.07, 6.45) is 0. The van der Waals surface area contributed by atoms with Gasteiger partial charge in [0, 0.05) is 23.2 Å². The standard InChI is InChI=1S/C15H25NOS/c1-12(2)16-10-11-18(17)14-8-6-13(7-9-14)15(3,4)5/h6-9,12,16H,10-11H2,1-5H3. The van der Waals surface area contributed by atoms with Gasteiger partial charge in [-0.05, 0) is 23.1 Å². The lowest BCUT2D eigenvalue weighted by Crippen LogP contribution is -2.27. The van der Waals surface area contributed by atoms with Crippen molar-refractivity contribution in [3.63, 3.8) is 0 Å². The number of benzene rings is 1. The van der Waals surface area contributed by atoms with Crippen molar-refractivity contribution < 1.29 is 4.21 Å². The molecule has 0 spiro atoms. The molecule has 1 atom stereocenters. The maximum absolute atomic E-state index is 12.1. The second-order valence-electron chi connectivity index (χ2n) is 5.93. The average Bonchev–Trinajstić information content (AvgIpc) is 2.27. The Morgan fingerprint density at radius 1 is 1.17 bits per heavy atom. The van der Waals surface area contributed by atoms with Crippen molar-refractivity contribution in [2.45, 2.75) is 51.0 Å². The molecule has 0 heterocycles. The van der Waals surface area contributed by atoms with E-state index in [-0.39, 0.29) is 5.41 Å². The smallest absolute Gasteiger partial charge is 0.0542 e. The molecule has 1 rings (SSSR count). The zero-order valence-electron chi connectivity index (χ0n) is 12.1. The molecule has 18 heavy (non-hydrogen) atoms. The van der Waals surface area contributed by atoms with Gasteiger partial charge in [-0.1, -0.05) is 46.8 Å². The Balaban J connectivity index is 2.60. The van der Waals surface area contributed by atoms with E-state index in [9.17, 15) is 4.21 Å². The lowest BCUT2D eigenvalue weighted by atomic mass is 9.87. The van der Waals surface area contributed by atoms with Crippen molar-refractivity contribution in [1.82, 2.24) is 5.32 Å². The lowest BCUT2D eigenvalue weighted by molar-refractivity contribution is 0.589. The Morgan fingerprint density at radius 2 is 1.72 bits per heavy atom. The van der Waals surface area contributed by atoms with Crippen LogP contribution in [0.5, 0.6) is 0 Å². The summed E-state index contributed by atoms with van der Waals surface area (Å²) in [5.41, 5.74) is 1.43. The van der Waals surface area contributed by atoms with Gasteiger partial charge in [0.1, 0.15) is 0 Å². The molecule has 1 unspecified atom stereocenters. The average molecular weight is 267 g/mol. The van der Waals surface area contributed by atoms with Crippen LogP contribution in [0.2, 0.25) is 0 Å². The SMILES string of the molecule is CC(C)NCCS(=O)c1ccc(C(C)(C)C)cc1. The van der Waals surface area contributed by atoms with Gasteiger partial charge in [-0.3, -0.25) is 4.21 Å². The first-order valence-electron chi connectivity index (χ1n) is 6.53. The maximum Gasteiger partial charge on any atom is 0.0542 e. The fraction of sp³-hybridized carbons (Fsp3) is 0.600. The summed E-state index contributed by atoms with van der Waals surface area (Å²) in [4.78, 5) is 0.925. The molecule has 1 N–H and O–H groups in total. The molecule has 1 aromatic rings. The van der Waals surface area contributed by atoms with Gasteiger partial charge in [0.2, 0.25) is 0 Å². The molecule has 102 valence electrons. The van der Waals surface area contributed by atoms with E-state index in [0.29, 0.717) is 11.8 Å². The van der Waals surface area contributed by atoms with Gasteiger partial charge in [-0.2, -0.15) is 0 Å². The van der Waals surface area contributed by atoms with Gasteiger partial charge >= 0.3 is 0 Å². The highest BCUT2D eigenvalue weighted by Gasteiger charge is 2.13. The minimum atomic E-state index is -0.897. The van der Waals surface area contributed by atoms with E-state index in [4.69, 9.17) is 0 Å². The maximum atomic E-state index is 12.1. The van der Waals surface area contributed by atoms with Crippen LogP contribution in [0.4, 0.5) is 0 Å². The van der Waals surface area contributed by atoms with Gasteiger partial charge in [0.05, 0.1) is 10.8 Å². The van der Waals surface area contributed by atoms with E-state index in [1.807, 2.05) is 12.1 Å². The van der Waals surface area contributed by atoms with Crippen molar-refractivity contribution in [2.75, 3.05) is 12.3 Å². The molecule has 0 aliphatic carbocycles. The minimum Gasteiger partial charge on any atom is -0.314 e. The number of hydrogen-bond acceptors (Lipinski definition) is 2. The topological polar surface area (TPSA) is 29.1 Å². The van der Waals surface area contributed by atoms with Crippen LogP contribution in [-0.4, -0.2) is 22.5 Å². The molecule has 3 heteroatoms. The van der Waals surface area contributed by atoms with Crippen LogP contribution in [0.3, 0.4) is 0 Å². The third-order valence-corrected chi connectivity index (χ3v) is 4.20. The predicted molar refractivity (Wildman–Crippen MR) is 79.6 cm³/mol. The summed E-state index contributed by atoms with van der Waals surface area (Å²) < 4.78 is 12.1. The molecule has 0 radical (unpaired) electrons. The quantitative estimate of drug-likeness (QED) is 0.888. The molecule has 0 aliphatic rings. The number of nitrogens with one attached hydrogen (secondary N) is 1. The Hall–Kier alpha value is -0.670. The van der Waals surface area contributed by atoms with Gasteiger partial charge in [-0.15, -0.1) is 0 Å². The van der Waals surface area contributed by atoms with E-state index in [1.54, 1.807) is 0 Å². The fourth-order valence-corrected chi connectivity index (χ4v) is 2.64. The van der Waals surface area contributed by atoms with E-state index < -0.39 is 10.8 Å². The molecule has 1 aromatic carbocycles. The van der Waals surface area contributed by atoms with E-state index in [2.05, 4.69) is 52.1 Å². The van der Waals surface area contributed by atoms with Crippen LogP contribution in [0.15, 0.2) is 29.2 Å². The minimum absolute atomic E-state index is 0.152. The Morgan fingerprint density at radius 3 is 2.17 bits per heavy atom. The van der Waals surface area contributed by atoms with E-state index in [0.717, 1.165) is 11.4 Å². The summed E-state index contributed by atoms with van der Waals surface area (Å²) in [6.45, 7) is 11.6. The summed E-state index contributed by atoms with van der Waals surface area (Å²) in [6, 6.07) is 8.61. The fourth-order valence-electron chi connectivity index (χ4n) is 1.66. The van der Waals surface area contributed by atoms with Gasteiger partial charge < -0.3 is 5.32 Å².